The molecule has 1 aliphatic carbocycles. The lowest BCUT2D eigenvalue weighted by atomic mass is 9.87. The van der Waals surface area contributed by atoms with Gasteiger partial charge in [-0.25, -0.2) is 14.3 Å². The lowest BCUT2D eigenvalue weighted by Gasteiger charge is -2.20. The van der Waals surface area contributed by atoms with E-state index in [2.05, 4.69) is 6.92 Å². The Labute approximate surface area is 220 Å². The van der Waals surface area contributed by atoms with Crippen molar-refractivity contribution in [3.05, 3.63) is 76.0 Å². The van der Waals surface area contributed by atoms with E-state index in [4.69, 9.17) is 5.10 Å². The fourth-order valence-electron chi connectivity index (χ4n) is 5.54. The van der Waals surface area contributed by atoms with Gasteiger partial charge >= 0.3 is 11.7 Å². The van der Waals surface area contributed by atoms with Crippen LogP contribution in [0.5, 0.6) is 0 Å². The third-order valence-electron chi connectivity index (χ3n) is 7.74. The first-order valence-electron chi connectivity index (χ1n) is 14.1. The van der Waals surface area contributed by atoms with Gasteiger partial charge in [0, 0.05) is 13.0 Å². The lowest BCUT2D eigenvalue weighted by molar-refractivity contribution is 0.0697. The molecule has 0 radical (unpaired) electrons. The van der Waals surface area contributed by atoms with E-state index in [1.807, 2.05) is 41.0 Å². The smallest absolute Gasteiger partial charge is 0.346 e. The number of aryl methyl sites for hydroxylation is 2. The maximum absolute atomic E-state index is 13.4. The number of rotatable bonds is 13. The Kier molecular flexibility index (Phi) is 9.75. The minimum absolute atomic E-state index is 0.0142. The SMILES string of the molecule is CCCCCCCc1nn(CCC2CCCCC2)c(=O)n1Cc1ccc(-c2ccccc2C(=O)O)cc1. The quantitative estimate of drug-likeness (QED) is 0.256. The molecule has 1 N–H and O–H groups in total. The van der Waals surface area contributed by atoms with Gasteiger partial charge < -0.3 is 5.11 Å². The Hall–Kier alpha value is -3.15. The van der Waals surface area contributed by atoms with Gasteiger partial charge in [-0.2, -0.15) is 5.10 Å². The fraction of sp³-hybridized carbons (Fsp3) is 0.516. The molecule has 6 nitrogen and oxygen atoms in total. The molecule has 1 aromatic heterocycles. The van der Waals surface area contributed by atoms with Crippen LogP contribution in [-0.4, -0.2) is 25.4 Å². The number of aromatic carboxylic acids is 1. The van der Waals surface area contributed by atoms with Crippen molar-refractivity contribution in [3.63, 3.8) is 0 Å². The molecule has 4 rings (SSSR count). The van der Waals surface area contributed by atoms with Crippen molar-refractivity contribution >= 4 is 5.97 Å². The van der Waals surface area contributed by atoms with E-state index in [-0.39, 0.29) is 11.3 Å². The Balaban J connectivity index is 1.51. The predicted octanol–water partition coefficient (Wildman–Crippen LogP) is 6.94. The molecule has 37 heavy (non-hydrogen) atoms. The van der Waals surface area contributed by atoms with Crippen molar-refractivity contribution in [2.75, 3.05) is 0 Å². The largest absolute Gasteiger partial charge is 0.478 e. The Bertz CT molecular complexity index is 1200. The number of unbranched alkanes of at least 4 members (excludes halogenated alkanes) is 4. The van der Waals surface area contributed by atoms with Gasteiger partial charge in [0.2, 0.25) is 0 Å². The zero-order valence-electron chi connectivity index (χ0n) is 22.2. The van der Waals surface area contributed by atoms with Crippen molar-refractivity contribution in [2.24, 2.45) is 5.92 Å². The van der Waals surface area contributed by atoms with E-state index in [1.165, 1.54) is 51.4 Å². The molecule has 1 aliphatic rings. The Morgan fingerprint density at radius 3 is 2.43 bits per heavy atom. The topological polar surface area (TPSA) is 77.1 Å². The van der Waals surface area contributed by atoms with Gasteiger partial charge in [-0.3, -0.25) is 4.57 Å². The molecule has 0 saturated heterocycles. The standard InChI is InChI=1S/C31H41N3O3/c1-2-3-4-5-9-16-29-32-34(22-21-24-12-7-6-8-13-24)31(37)33(29)23-25-17-19-26(20-18-25)27-14-10-11-15-28(27)30(35)36/h10-11,14-15,17-20,24H,2-9,12-13,16,21-23H2,1H3,(H,35,36). The summed E-state index contributed by atoms with van der Waals surface area (Å²) < 4.78 is 3.55. The number of nitrogens with zero attached hydrogens (tertiary/aromatic N) is 3. The summed E-state index contributed by atoms with van der Waals surface area (Å²) in [6.45, 7) is 3.40. The van der Waals surface area contributed by atoms with E-state index in [0.29, 0.717) is 24.6 Å². The maximum atomic E-state index is 13.4. The van der Waals surface area contributed by atoms with Crippen LogP contribution in [0.15, 0.2) is 53.3 Å². The molecule has 0 unspecified atom stereocenters. The van der Waals surface area contributed by atoms with E-state index in [0.717, 1.165) is 42.6 Å². The minimum atomic E-state index is -0.935. The number of benzene rings is 2. The summed E-state index contributed by atoms with van der Waals surface area (Å²) in [5, 5.41) is 14.3. The summed E-state index contributed by atoms with van der Waals surface area (Å²) in [4.78, 5) is 25.0. The van der Waals surface area contributed by atoms with E-state index in [9.17, 15) is 14.7 Å². The molecule has 0 aliphatic heterocycles. The number of aromatic nitrogens is 3. The predicted molar refractivity (Wildman–Crippen MR) is 148 cm³/mol. The van der Waals surface area contributed by atoms with Crippen molar-refractivity contribution in [2.45, 2.75) is 97.1 Å². The lowest BCUT2D eigenvalue weighted by Crippen LogP contribution is -2.27. The number of carbonyl (C=O) groups is 1. The summed E-state index contributed by atoms with van der Waals surface area (Å²) in [6, 6.07) is 14.9. The monoisotopic (exact) mass is 503 g/mol. The highest BCUT2D eigenvalue weighted by Gasteiger charge is 2.18. The van der Waals surface area contributed by atoms with Crippen LogP contribution in [-0.2, 0) is 19.5 Å². The molecule has 0 atom stereocenters. The van der Waals surface area contributed by atoms with Gasteiger partial charge in [0.15, 0.2) is 0 Å². The first kappa shape index (κ1) is 26.9. The number of carboxylic acid groups (broad SMARTS) is 1. The molecule has 1 heterocycles. The molecule has 1 fully saturated rings. The maximum Gasteiger partial charge on any atom is 0.346 e. The van der Waals surface area contributed by atoms with Gasteiger partial charge in [-0.15, -0.1) is 0 Å². The summed E-state index contributed by atoms with van der Waals surface area (Å²) in [6.07, 6.45) is 14.3. The van der Waals surface area contributed by atoms with Crippen molar-refractivity contribution in [3.8, 4) is 11.1 Å². The second-order valence-corrected chi connectivity index (χ2v) is 10.5. The molecule has 0 spiro atoms. The van der Waals surface area contributed by atoms with Crippen LogP contribution in [0, 0.1) is 5.92 Å². The summed E-state index contributed by atoms with van der Waals surface area (Å²) in [5.41, 5.74) is 2.84. The van der Waals surface area contributed by atoms with Crippen molar-refractivity contribution < 1.29 is 9.90 Å². The normalized spacial score (nSPS) is 14.2. The van der Waals surface area contributed by atoms with Gasteiger partial charge in [-0.05, 0) is 41.5 Å². The fourth-order valence-corrected chi connectivity index (χ4v) is 5.54. The minimum Gasteiger partial charge on any atom is -0.478 e. The summed E-state index contributed by atoms with van der Waals surface area (Å²) in [7, 11) is 0. The van der Waals surface area contributed by atoms with Gasteiger partial charge in [0.25, 0.3) is 0 Å². The number of carboxylic acids is 1. The summed E-state index contributed by atoms with van der Waals surface area (Å²) in [5.74, 6) is 0.658. The molecule has 3 aromatic rings. The zero-order chi connectivity index (χ0) is 26.0. The van der Waals surface area contributed by atoms with Crippen molar-refractivity contribution in [1.82, 2.24) is 14.3 Å². The number of hydrogen-bond acceptors (Lipinski definition) is 3. The highest BCUT2D eigenvalue weighted by atomic mass is 16.4. The second-order valence-electron chi connectivity index (χ2n) is 10.5. The Morgan fingerprint density at radius 1 is 0.973 bits per heavy atom. The molecule has 6 heteroatoms. The van der Waals surface area contributed by atoms with Crippen LogP contribution in [0.25, 0.3) is 11.1 Å². The average molecular weight is 504 g/mol. The van der Waals surface area contributed by atoms with Crippen LogP contribution in [0.2, 0.25) is 0 Å². The van der Waals surface area contributed by atoms with E-state index < -0.39 is 5.97 Å². The first-order valence-corrected chi connectivity index (χ1v) is 14.1. The molecule has 198 valence electrons. The van der Waals surface area contributed by atoms with Crippen LogP contribution in [0.3, 0.4) is 0 Å². The molecule has 2 aromatic carbocycles. The number of hydrogen-bond donors (Lipinski definition) is 1. The molecule has 0 amide bonds. The van der Waals surface area contributed by atoms with Gasteiger partial charge in [-0.1, -0.05) is 107 Å². The van der Waals surface area contributed by atoms with Crippen LogP contribution < -0.4 is 5.69 Å². The average Bonchev–Trinajstić information content (AvgIpc) is 3.22. The molecule has 0 bridgehead atoms. The van der Waals surface area contributed by atoms with Crippen LogP contribution in [0.1, 0.15) is 99.3 Å². The zero-order valence-corrected chi connectivity index (χ0v) is 22.2. The molecule has 1 saturated carbocycles. The van der Waals surface area contributed by atoms with Gasteiger partial charge in [0.1, 0.15) is 5.82 Å². The van der Waals surface area contributed by atoms with Crippen LogP contribution >= 0.6 is 0 Å². The molecular weight excluding hydrogens is 462 g/mol. The third kappa shape index (κ3) is 7.21. The van der Waals surface area contributed by atoms with E-state index >= 15 is 0 Å². The first-order chi connectivity index (χ1) is 18.1. The van der Waals surface area contributed by atoms with E-state index in [1.54, 1.807) is 16.8 Å². The second kappa shape index (κ2) is 13.4. The van der Waals surface area contributed by atoms with Crippen LogP contribution in [0.4, 0.5) is 0 Å². The third-order valence-corrected chi connectivity index (χ3v) is 7.74. The molecular formula is C31H41N3O3. The summed E-state index contributed by atoms with van der Waals surface area (Å²) >= 11 is 0. The van der Waals surface area contributed by atoms with Crippen molar-refractivity contribution in [1.29, 1.82) is 0 Å². The highest BCUT2D eigenvalue weighted by Crippen LogP contribution is 2.27. The van der Waals surface area contributed by atoms with Gasteiger partial charge in [0.05, 0.1) is 12.1 Å². The highest BCUT2D eigenvalue weighted by molar-refractivity contribution is 5.95. The Morgan fingerprint density at radius 2 is 1.70 bits per heavy atom.